The van der Waals surface area contributed by atoms with Crippen LogP contribution < -0.4 is 5.73 Å². The van der Waals surface area contributed by atoms with Gasteiger partial charge in [-0.3, -0.25) is 4.98 Å². The molecular formula is C12H15ClN4O. The van der Waals surface area contributed by atoms with E-state index in [1.54, 1.807) is 18.3 Å². The number of halogens is 1. The number of hydrogen-bond acceptors (Lipinski definition) is 5. The Labute approximate surface area is 110 Å². The topological polar surface area (TPSA) is 77.8 Å². The van der Waals surface area contributed by atoms with Crippen molar-refractivity contribution in [3.8, 4) is 11.5 Å². The predicted octanol–water partition coefficient (Wildman–Crippen LogP) is 2.31. The minimum atomic E-state index is 0.453. The Morgan fingerprint density at radius 3 is 2.94 bits per heavy atom. The van der Waals surface area contributed by atoms with Crippen molar-refractivity contribution >= 4 is 11.6 Å². The Bertz CT molecular complexity index is 497. The molecular weight excluding hydrogens is 252 g/mol. The van der Waals surface area contributed by atoms with Crippen LogP contribution in [0.4, 0.5) is 0 Å². The lowest BCUT2D eigenvalue weighted by Gasteiger charge is -2.03. The molecule has 0 aromatic carbocycles. The fraction of sp³-hybridized carbons (Fsp3) is 0.417. The summed E-state index contributed by atoms with van der Waals surface area (Å²) in [5.41, 5.74) is 6.21. The number of pyridine rings is 1. The Morgan fingerprint density at radius 2 is 2.28 bits per heavy atom. The van der Waals surface area contributed by atoms with Crippen LogP contribution in [0.15, 0.2) is 22.9 Å². The first-order valence-corrected chi connectivity index (χ1v) is 6.21. The van der Waals surface area contributed by atoms with Gasteiger partial charge in [0.1, 0.15) is 5.69 Å². The van der Waals surface area contributed by atoms with Gasteiger partial charge in [0.2, 0.25) is 11.7 Å². The first-order chi connectivity index (χ1) is 8.69. The molecule has 5 nitrogen and oxygen atoms in total. The van der Waals surface area contributed by atoms with Gasteiger partial charge in [0, 0.05) is 12.6 Å². The van der Waals surface area contributed by atoms with Gasteiger partial charge in [-0.1, -0.05) is 23.7 Å². The summed E-state index contributed by atoms with van der Waals surface area (Å²) in [6.07, 6.45) is 3.23. The van der Waals surface area contributed by atoms with Crippen molar-refractivity contribution in [3.05, 3.63) is 29.2 Å². The average Bonchev–Trinajstić information content (AvgIpc) is 2.85. The van der Waals surface area contributed by atoms with Crippen LogP contribution in [0, 0.1) is 5.92 Å². The van der Waals surface area contributed by atoms with Gasteiger partial charge in [-0.2, -0.15) is 4.98 Å². The molecule has 18 heavy (non-hydrogen) atoms. The second-order valence-corrected chi connectivity index (χ2v) is 4.69. The highest BCUT2D eigenvalue weighted by Crippen LogP contribution is 2.16. The monoisotopic (exact) mass is 266 g/mol. The summed E-state index contributed by atoms with van der Waals surface area (Å²) in [6.45, 7) is 2.76. The fourth-order valence-electron chi connectivity index (χ4n) is 1.46. The Hall–Kier alpha value is -1.46. The molecule has 2 heterocycles. The molecule has 2 N–H and O–H groups in total. The third kappa shape index (κ3) is 3.27. The van der Waals surface area contributed by atoms with E-state index in [-0.39, 0.29) is 0 Å². The summed E-state index contributed by atoms with van der Waals surface area (Å²) in [7, 11) is 0. The predicted molar refractivity (Wildman–Crippen MR) is 69.1 cm³/mol. The molecule has 0 saturated carbocycles. The van der Waals surface area contributed by atoms with Crippen molar-refractivity contribution < 1.29 is 4.52 Å². The third-order valence-corrected chi connectivity index (χ3v) is 2.90. The minimum Gasteiger partial charge on any atom is -0.339 e. The Balaban J connectivity index is 2.03. The van der Waals surface area contributed by atoms with E-state index in [1.807, 2.05) is 0 Å². The molecule has 0 radical (unpaired) electrons. The van der Waals surface area contributed by atoms with Gasteiger partial charge in [-0.15, -0.1) is 0 Å². The summed E-state index contributed by atoms with van der Waals surface area (Å²) < 4.78 is 5.17. The zero-order chi connectivity index (χ0) is 13.0. The molecule has 96 valence electrons. The first-order valence-electron chi connectivity index (χ1n) is 5.83. The third-order valence-electron chi connectivity index (χ3n) is 2.68. The maximum atomic E-state index is 5.77. The van der Waals surface area contributed by atoms with Crippen LogP contribution in [-0.2, 0) is 6.42 Å². The summed E-state index contributed by atoms with van der Waals surface area (Å²) in [5, 5.41) is 4.48. The fourth-order valence-corrected chi connectivity index (χ4v) is 1.57. The van der Waals surface area contributed by atoms with Crippen molar-refractivity contribution in [3.63, 3.8) is 0 Å². The van der Waals surface area contributed by atoms with Gasteiger partial charge in [-0.05, 0) is 31.0 Å². The SMILES string of the molecule is CC(CN)CCc1nc(-c2ccc(Cl)cn2)no1. The zero-order valence-corrected chi connectivity index (χ0v) is 10.9. The maximum absolute atomic E-state index is 5.77. The van der Waals surface area contributed by atoms with Gasteiger partial charge in [0.25, 0.3) is 0 Å². The molecule has 0 fully saturated rings. The molecule has 2 aromatic rings. The molecule has 2 rings (SSSR count). The Kier molecular flexibility index (Phi) is 4.28. The summed E-state index contributed by atoms with van der Waals surface area (Å²) in [5.74, 6) is 1.55. The molecule has 0 aliphatic rings. The molecule has 6 heteroatoms. The molecule has 0 aliphatic heterocycles. The number of nitrogens with two attached hydrogens (primary N) is 1. The van der Waals surface area contributed by atoms with Crippen molar-refractivity contribution in [2.24, 2.45) is 11.7 Å². The lowest BCUT2D eigenvalue weighted by atomic mass is 10.1. The molecule has 0 spiro atoms. The lowest BCUT2D eigenvalue weighted by Crippen LogP contribution is -2.11. The average molecular weight is 267 g/mol. The van der Waals surface area contributed by atoms with E-state index in [4.69, 9.17) is 21.9 Å². The van der Waals surface area contributed by atoms with Gasteiger partial charge in [0.15, 0.2) is 0 Å². The molecule has 2 aromatic heterocycles. The standard InChI is InChI=1S/C12H15ClN4O/c1-8(6-14)2-5-11-16-12(17-18-11)10-4-3-9(13)7-15-10/h3-4,7-8H,2,5-6,14H2,1H3. The van der Waals surface area contributed by atoms with E-state index in [0.717, 1.165) is 12.8 Å². The van der Waals surface area contributed by atoms with Gasteiger partial charge in [-0.25, -0.2) is 0 Å². The van der Waals surface area contributed by atoms with Crippen LogP contribution in [0.25, 0.3) is 11.5 Å². The van der Waals surface area contributed by atoms with E-state index in [9.17, 15) is 0 Å². The van der Waals surface area contributed by atoms with Crippen LogP contribution in [-0.4, -0.2) is 21.7 Å². The number of aromatic nitrogens is 3. The van der Waals surface area contributed by atoms with Crippen LogP contribution in [0.5, 0.6) is 0 Å². The number of hydrogen-bond donors (Lipinski definition) is 1. The van der Waals surface area contributed by atoms with Crippen molar-refractivity contribution in [2.45, 2.75) is 19.8 Å². The first kappa shape index (κ1) is 13.0. The molecule has 0 saturated heterocycles. The second-order valence-electron chi connectivity index (χ2n) is 4.25. The second kappa shape index (κ2) is 5.93. The van der Waals surface area contributed by atoms with Crippen molar-refractivity contribution in [1.82, 2.24) is 15.1 Å². The van der Waals surface area contributed by atoms with Crippen molar-refractivity contribution in [2.75, 3.05) is 6.54 Å². The van der Waals surface area contributed by atoms with Gasteiger partial charge in [0.05, 0.1) is 5.02 Å². The Morgan fingerprint density at radius 1 is 1.44 bits per heavy atom. The highest BCUT2D eigenvalue weighted by atomic mass is 35.5. The van der Waals surface area contributed by atoms with Crippen LogP contribution in [0.1, 0.15) is 19.2 Å². The smallest absolute Gasteiger partial charge is 0.227 e. The molecule has 0 bridgehead atoms. The van der Waals surface area contributed by atoms with Crippen LogP contribution in [0.3, 0.4) is 0 Å². The number of rotatable bonds is 5. The van der Waals surface area contributed by atoms with Gasteiger partial charge >= 0.3 is 0 Å². The maximum Gasteiger partial charge on any atom is 0.227 e. The van der Waals surface area contributed by atoms with E-state index >= 15 is 0 Å². The quantitative estimate of drug-likeness (QED) is 0.898. The minimum absolute atomic E-state index is 0.453. The number of nitrogens with zero attached hydrogens (tertiary/aromatic N) is 3. The van der Waals surface area contributed by atoms with E-state index in [2.05, 4.69) is 22.0 Å². The van der Waals surface area contributed by atoms with Crippen LogP contribution >= 0.6 is 11.6 Å². The summed E-state index contributed by atoms with van der Waals surface area (Å²) >= 11 is 5.77. The molecule has 1 atom stereocenters. The summed E-state index contributed by atoms with van der Waals surface area (Å²) in [4.78, 5) is 8.43. The van der Waals surface area contributed by atoms with E-state index in [1.165, 1.54) is 0 Å². The normalized spacial score (nSPS) is 12.6. The molecule has 0 amide bonds. The highest BCUT2D eigenvalue weighted by Gasteiger charge is 2.10. The molecule has 0 aliphatic carbocycles. The van der Waals surface area contributed by atoms with E-state index < -0.39 is 0 Å². The zero-order valence-electron chi connectivity index (χ0n) is 10.1. The largest absolute Gasteiger partial charge is 0.339 e. The molecule has 1 unspecified atom stereocenters. The highest BCUT2D eigenvalue weighted by molar-refractivity contribution is 6.30. The lowest BCUT2D eigenvalue weighted by molar-refractivity contribution is 0.366. The van der Waals surface area contributed by atoms with Gasteiger partial charge < -0.3 is 10.3 Å². The van der Waals surface area contributed by atoms with Crippen molar-refractivity contribution in [1.29, 1.82) is 0 Å². The number of aryl methyl sites for hydroxylation is 1. The van der Waals surface area contributed by atoms with E-state index in [0.29, 0.717) is 34.9 Å². The van der Waals surface area contributed by atoms with Crippen LogP contribution in [0.2, 0.25) is 5.02 Å². The summed E-state index contributed by atoms with van der Waals surface area (Å²) in [6, 6.07) is 3.51.